The minimum Gasteiger partial charge on any atom is -0.495 e. The molecule has 2 aromatic carbocycles. The Labute approximate surface area is 206 Å². The number of hydrogen-bond acceptors (Lipinski definition) is 5. The van der Waals surface area contributed by atoms with Gasteiger partial charge in [-0.15, -0.1) is 0 Å². The highest BCUT2D eigenvalue weighted by molar-refractivity contribution is 6.05. The number of ether oxygens (including phenoxy) is 1. The zero-order valence-corrected chi connectivity index (χ0v) is 20.0. The van der Waals surface area contributed by atoms with Crippen molar-refractivity contribution in [1.29, 1.82) is 0 Å². The number of benzene rings is 2. The molecule has 1 amide bonds. The van der Waals surface area contributed by atoms with E-state index in [0.717, 1.165) is 17.4 Å². The molecule has 0 atom stereocenters. The summed E-state index contributed by atoms with van der Waals surface area (Å²) in [7, 11) is 1.49. The number of para-hydroxylation sites is 2. The monoisotopic (exact) mass is 488 g/mol. The van der Waals surface area contributed by atoms with Crippen LogP contribution in [0.1, 0.15) is 34.5 Å². The van der Waals surface area contributed by atoms with E-state index in [1.165, 1.54) is 35.9 Å². The van der Waals surface area contributed by atoms with Gasteiger partial charge < -0.3 is 9.64 Å². The van der Waals surface area contributed by atoms with Gasteiger partial charge in [-0.05, 0) is 55.7 Å². The minimum atomic E-state index is -0.640. The Morgan fingerprint density at radius 1 is 1.06 bits per heavy atom. The molecule has 4 aromatic rings. The summed E-state index contributed by atoms with van der Waals surface area (Å²) in [5.41, 5.74) is 0.492. The number of carbonyl (C=O) groups is 1. The van der Waals surface area contributed by atoms with Crippen LogP contribution >= 0.6 is 0 Å². The van der Waals surface area contributed by atoms with Gasteiger partial charge in [-0.1, -0.05) is 24.3 Å². The van der Waals surface area contributed by atoms with Crippen LogP contribution in [-0.2, 0) is 6.54 Å². The van der Waals surface area contributed by atoms with Crippen molar-refractivity contribution in [2.24, 2.45) is 0 Å². The quantitative estimate of drug-likeness (QED) is 0.430. The first kappa shape index (κ1) is 23.5. The highest BCUT2D eigenvalue weighted by atomic mass is 19.1. The van der Waals surface area contributed by atoms with Crippen molar-refractivity contribution in [2.45, 2.75) is 26.3 Å². The van der Waals surface area contributed by atoms with Crippen molar-refractivity contribution in [3.8, 4) is 11.4 Å². The van der Waals surface area contributed by atoms with Gasteiger partial charge in [-0.2, -0.15) is 0 Å². The van der Waals surface area contributed by atoms with Crippen LogP contribution in [0.4, 0.5) is 4.39 Å². The predicted molar refractivity (Wildman–Crippen MR) is 134 cm³/mol. The maximum Gasteiger partial charge on any atom is 0.337 e. The molecule has 9 heteroatoms. The van der Waals surface area contributed by atoms with Crippen LogP contribution in [0, 0.1) is 12.7 Å². The summed E-state index contributed by atoms with van der Waals surface area (Å²) >= 11 is 0. The lowest BCUT2D eigenvalue weighted by molar-refractivity contribution is 0.0794. The first-order valence-electron chi connectivity index (χ1n) is 11.7. The van der Waals surface area contributed by atoms with Gasteiger partial charge in [0.1, 0.15) is 11.6 Å². The molecular formula is C27H25FN4O4. The molecule has 0 spiro atoms. The van der Waals surface area contributed by atoms with E-state index in [1.54, 1.807) is 42.2 Å². The number of fused-ring (bicyclic) bond motifs is 1. The Balaban J connectivity index is 1.86. The van der Waals surface area contributed by atoms with Gasteiger partial charge in [0.25, 0.3) is 11.5 Å². The number of likely N-dealkylation sites (tertiary alicyclic amines) is 1. The predicted octanol–water partition coefficient (Wildman–Crippen LogP) is 3.29. The van der Waals surface area contributed by atoms with E-state index in [2.05, 4.69) is 4.98 Å². The molecule has 0 aliphatic carbocycles. The summed E-state index contributed by atoms with van der Waals surface area (Å²) in [5, 5.41) is 0.0603. The van der Waals surface area contributed by atoms with E-state index in [4.69, 9.17) is 4.74 Å². The second-order valence-electron chi connectivity index (χ2n) is 8.82. The molecule has 0 bridgehead atoms. The second-order valence-corrected chi connectivity index (χ2v) is 8.82. The maximum absolute atomic E-state index is 13.9. The van der Waals surface area contributed by atoms with Gasteiger partial charge >= 0.3 is 5.69 Å². The average molecular weight is 489 g/mol. The van der Waals surface area contributed by atoms with Gasteiger partial charge in [-0.25, -0.2) is 18.7 Å². The Kier molecular flexibility index (Phi) is 6.13. The smallest absolute Gasteiger partial charge is 0.337 e. The number of aromatic nitrogens is 3. The highest BCUT2D eigenvalue weighted by Gasteiger charge is 2.27. The molecule has 3 heterocycles. The number of halogens is 1. The van der Waals surface area contributed by atoms with Crippen LogP contribution < -0.4 is 16.0 Å². The summed E-state index contributed by atoms with van der Waals surface area (Å²) in [6.45, 7) is 2.84. The third kappa shape index (κ3) is 4.06. The van der Waals surface area contributed by atoms with E-state index < -0.39 is 17.1 Å². The Morgan fingerprint density at radius 3 is 2.44 bits per heavy atom. The van der Waals surface area contributed by atoms with Gasteiger partial charge in [0, 0.05) is 18.8 Å². The standard InChI is InChI=1S/C27H25FN4O4/c1-17-15-20(25(33)30-13-5-6-14-30)23-24(29-17)32(21-7-3-4-8-22(21)36-2)27(35)31(26(23)34)16-18-9-11-19(28)12-10-18/h3-4,7-12,15H,5-6,13-14,16H2,1-2H3. The first-order valence-corrected chi connectivity index (χ1v) is 11.7. The molecule has 1 aliphatic heterocycles. The Morgan fingerprint density at radius 2 is 1.75 bits per heavy atom. The zero-order chi connectivity index (χ0) is 25.4. The molecule has 1 saturated heterocycles. The second kappa shape index (κ2) is 9.41. The zero-order valence-electron chi connectivity index (χ0n) is 20.0. The third-order valence-corrected chi connectivity index (χ3v) is 6.43. The molecule has 1 fully saturated rings. The molecule has 1 aliphatic rings. The van der Waals surface area contributed by atoms with Crippen LogP contribution in [0.2, 0.25) is 0 Å². The lowest BCUT2D eigenvalue weighted by atomic mass is 10.1. The van der Waals surface area contributed by atoms with Crippen LogP contribution in [-0.4, -0.2) is 45.1 Å². The number of methoxy groups -OCH3 is 1. The number of amides is 1. The lowest BCUT2D eigenvalue weighted by Crippen LogP contribution is -2.41. The van der Waals surface area contributed by atoms with Crippen molar-refractivity contribution in [2.75, 3.05) is 20.2 Å². The van der Waals surface area contributed by atoms with Crippen molar-refractivity contribution in [3.63, 3.8) is 0 Å². The summed E-state index contributed by atoms with van der Waals surface area (Å²) in [6, 6.07) is 14.1. The molecule has 2 aromatic heterocycles. The van der Waals surface area contributed by atoms with Crippen molar-refractivity contribution in [1.82, 2.24) is 19.0 Å². The van der Waals surface area contributed by atoms with Crippen molar-refractivity contribution >= 4 is 16.9 Å². The fourth-order valence-electron chi connectivity index (χ4n) is 4.67. The average Bonchev–Trinajstić information content (AvgIpc) is 3.42. The summed E-state index contributed by atoms with van der Waals surface area (Å²) < 4.78 is 21.4. The molecular weight excluding hydrogens is 463 g/mol. The normalized spacial score (nSPS) is 13.4. The van der Waals surface area contributed by atoms with Gasteiger partial charge in [0.15, 0.2) is 5.65 Å². The molecule has 8 nitrogen and oxygen atoms in total. The number of nitrogens with zero attached hydrogens (tertiary/aromatic N) is 4. The molecule has 0 unspecified atom stereocenters. The number of hydrogen-bond donors (Lipinski definition) is 0. The summed E-state index contributed by atoms with van der Waals surface area (Å²) in [4.78, 5) is 47.5. The largest absolute Gasteiger partial charge is 0.495 e. The number of carbonyl (C=O) groups excluding carboxylic acids is 1. The fourth-order valence-corrected chi connectivity index (χ4v) is 4.67. The van der Waals surface area contributed by atoms with E-state index in [0.29, 0.717) is 35.8 Å². The van der Waals surface area contributed by atoms with Gasteiger partial charge in [0.2, 0.25) is 0 Å². The van der Waals surface area contributed by atoms with E-state index in [9.17, 15) is 18.8 Å². The molecule has 5 rings (SSSR count). The molecule has 0 N–H and O–H groups in total. The Hall–Kier alpha value is -4.27. The summed E-state index contributed by atoms with van der Waals surface area (Å²) in [5.74, 6) is -0.281. The van der Waals surface area contributed by atoms with Crippen LogP contribution in [0.15, 0.2) is 64.2 Å². The summed E-state index contributed by atoms with van der Waals surface area (Å²) in [6.07, 6.45) is 1.79. The number of rotatable bonds is 5. The molecule has 0 radical (unpaired) electrons. The van der Waals surface area contributed by atoms with Crippen molar-refractivity contribution < 1.29 is 13.9 Å². The Bertz CT molecular complexity index is 1580. The maximum atomic E-state index is 13.9. The highest BCUT2D eigenvalue weighted by Crippen LogP contribution is 2.25. The van der Waals surface area contributed by atoms with Crippen LogP contribution in [0.3, 0.4) is 0 Å². The number of aryl methyl sites for hydroxylation is 1. The van der Waals surface area contributed by atoms with E-state index in [1.807, 2.05) is 0 Å². The first-order chi connectivity index (χ1) is 17.4. The lowest BCUT2D eigenvalue weighted by Gasteiger charge is -2.20. The molecule has 36 heavy (non-hydrogen) atoms. The fraction of sp³-hybridized carbons (Fsp3) is 0.259. The third-order valence-electron chi connectivity index (χ3n) is 6.43. The number of pyridine rings is 1. The van der Waals surface area contributed by atoms with E-state index in [-0.39, 0.29) is 29.0 Å². The topological polar surface area (TPSA) is 86.4 Å². The molecule has 0 saturated carbocycles. The van der Waals surface area contributed by atoms with E-state index >= 15 is 0 Å². The SMILES string of the molecule is COc1ccccc1-n1c(=O)n(Cc2ccc(F)cc2)c(=O)c2c(C(=O)N3CCCC3)cc(C)nc21. The van der Waals surface area contributed by atoms with Gasteiger partial charge in [-0.3, -0.25) is 14.2 Å². The minimum absolute atomic E-state index is 0.0603. The van der Waals surface area contributed by atoms with Crippen LogP contribution in [0.5, 0.6) is 5.75 Å². The molecule has 184 valence electrons. The van der Waals surface area contributed by atoms with Crippen LogP contribution in [0.25, 0.3) is 16.7 Å². The van der Waals surface area contributed by atoms with Crippen molar-refractivity contribution in [3.05, 3.63) is 98.1 Å². The van der Waals surface area contributed by atoms with Gasteiger partial charge in [0.05, 0.1) is 30.3 Å².